The molecule has 0 bridgehead atoms. The molecule has 15 heteroatoms. The van der Waals surface area contributed by atoms with Crippen molar-refractivity contribution in [2.24, 2.45) is 11.7 Å². The smallest absolute Gasteiger partial charge is 0.481 e. The van der Waals surface area contributed by atoms with Gasteiger partial charge in [0, 0.05) is 32.7 Å². The molecule has 0 aliphatic heterocycles. The van der Waals surface area contributed by atoms with E-state index in [1.165, 1.54) is 12.1 Å². The topological polar surface area (TPSA) is 234 Å². The van der Waals surface area contributed by atoms with Gasteiger partial charge in [-0.15, -0.1) is 0 Å². The van der Waals surface area contributed by atoms with E-state index in [9.17, 15) is 23.7 Å². The summed E-state index contributed by atoms with van der Waals surface area (Å²) in [6, 6.07) is 4.03. The van der Waals surface area contributed by atoms with Crippen LogP contribution in [0, 0.1) is 5.92 Å². The van der Waals surface area contributed by atoms with Crippen molar-refractivity contribution in [2.45, 2.75) is 104 Å². The second-order valence-electron chi connectivity index (χ2n) is 10.5. The van der Waals surface area contributed by atoms with Crippen LogP contribution < -0.4 is 26.2 Å². The number of nitrogens with one attached hydrogen (secondary N) is 3. The molecule has 3 atom stereocenters. The Hall–Kier alpha value is -3.48. The van der Waals surface area contributed by atoms with Gasteiger partial charge in [0.2, 0.25) is 23.6 Å². The van der Waals surface area contributed by atoms with Gasteiger partial charge in [-0.25, -0.2) is 4.57 Å². The molecule has 1 rings (SSSR count). The minimum Gasteiger partial charge on any atom is -0.481 e. The van der Waals surface area contributed by atoms with Gasteiger partial charge in [0.15, 0.2) is 0 Å². The minimum atomic E-state index is -4.71. The summed E-state index contributed by atoms with van der Waals surface area (Å²) >= 11 is 0. The van der Waals surface area contributed by atoms with Gasteiger partial charge in [-0.05, 0) is 42.9 Å². The van der Waals surface area contributed by atoms with Crippen molar-refractivity contribution in [1.29, 1.82) is 0 Å². The normalized spacial score (nSPS) is 12.9. The highest BCUT2D eigenvalue weighted by molar-refractivity contribution is 7.46. The predicted molar refractivity (Wildman–Crippen MR) is 164 cm³/mol. The lowest BCUT2D eigenvalue weighted by molar-refractivity contribution is -0.134. The first kappa shape index (κ1) is 40.5. The fourth-order valence-electron chi connectivity index (χ4n) is 3.95. The van der Waals surface area contributed by atoms with Gasteiger partial charge in [-0.2, -0.15) is 0 Å². The standard InChI is InChI=1S/C27H45N4O8P.C2H4O2/c1-4-6-8-12-24(33)30-22(18-20-13-15-21(16-14-20)39-40(36,37)38)26(34)31-25(19(3)5-2)27(35)29-17-10-7-9-11-23(28)32;1-2(3)4/h13-16,19,22,25H,4-12,17-18H2,1-3H3,(H2,28,32)(H,29,35)(H,30,33)(H,31,34)(H2,36,37,38);1H3,(H,3,4)/t19-,22-,25-;/m0./s1. The molecule has 4 amide bonds. The summed E-state index contributed by atoms with van der Waals surface area (Å²) in [5.74, 6) is -2.53. The lowest BCUT2D eigenvalue weighted by Gasteiger charge is -2.26. The summed E-state index contributed by atoms with van der Waals surface area (Å²) in [6.45, 7) is 7.26. The van der Waals surface area contributed by atoms with Gasteiger partial charge in [-0.3, -0.25) is 33.8 Å². The van der Waals surface area contributed by atoms with Crippen molar-refractivity contribution < 1.29 is 48.0 Å². The number of phosphoric acid groups is 1. The average molecular weight is 645 g/mol. The van der Waals surface area contributed by atoms with Crippen LogP contribution in [0.3, 0.4) is 0 Å². The third-order valence-corrected chi connectivity index (χ3v) is 6.89. The number of carbonyl (C=O) groups is 5. The van der Waals surface area contributed by atoms with Crippen LogP contribution in [0.1, 0.15) is 91.0 Å². The highest BCUT2D eigenvalue weighted by Gasteiger charge is 2.30. The average Bonchev–Trinajstić information content (AvgIpc) is 2.92. The highest BCUT2D eigenvalue weighted by atomic mass is 31.2. The van der Waals surface area contributed by atoms with Gasteiger partial charge in [0.25, 0.3) is 5.97 Å². The number of aliphatic carboxylic acids is 1. The van der Waals surface area contributed by atoms with Crippen molar-refractivity contribution >= 4 is 37.4 Å². The van der Waals surface area contributed by atoms with Crippen LogP contribution in [0.25, 0.3) is 0 Å². The summed E-state index contributed by atoms with van der Waals surface area (Å²) in [7, 11) is -4.71. The zero-order valence-corrected chi connectivity index (χ0v) is 26.9. The number of benzene rings is 1. The molecule has 0 heterocycles. The third kappa shape index (κ3) is 20.4. The first-order valence-electron chi connectivity index (χ1n) is 14.8. The second-order valence-corrected chi connectivity index (χ2v) is 11.6. The maximum atomic E-state index is 13.4. The van der Waals surface area contributed by atoms with E-state index in [0.717, 1.165) is 26.2 Å². The number of carboxylic acid groups (broad SMARTS) is 1. The Kier molecular flexibility index (Phi) is 20.3. The summed E-state index contributed by atoms with van der Waals surface area (Å²) in [4.78, 5) is 76.8. The number of rotatable bonds is 20. The number of phosphoric ester groups is 1. The molecule has 0 aromatic heterocycles. The SMILES string of the molecule is CC(=O)O.CCCCCC(=O)N[C@@H](Cc1ccc(OP(=O)(O)O)cc1)C(=O)N[C@H](C(=O)NCCCCCC(N)=O)[C@@H](C)CC. The first-order chi connectivity index (χ1) is 20.6. The zero-order valence-electron chi connectivity index (χ0n) is 26.0. The molecule has 0 fully saturated rings. The van der Waals surface area contributed by atoms with Crippen molar-refractivity contribution in [2.75, 3.05) is 6.54 Å². The molecule has 0 saturated heterocycles. The minimum absolute atomic E-state index is 0.0372. The third-order valence-electron chi connectivity index (χ3n) is 6.44. The molecule has 250 valence electrons. The first-order valence-corrected chi connectivity index (χ1v) is 16.3. The van der Waals surface area contributed by atoms with Crippen molar-refractivity contribution in [1.82, 2.24) is 16.0 Å². The molecular weight excluding hydrogens is 595 g/mol. The molecule has 1 aromatic rings. The quantitative estimate of drug-likeness (QED) is 0.0809. The van der Waals surface area contributed by atoms with Gasteiger partial charge < -0.3 is 31.3 Å². The van der Waals surface area contributed by atoms with Crippen molar-refractivity contribution in [3.63, 3.8) is 0 Å². The zero-order chi connectivity index (χ0) is 33.7. The summed E-state index contributed by atoms with van der Waals surface area (Å²) < 4.78 is 15.6. The predicted octanol–water partition coefficient (Wildman–Crippen LogP) is 2.55. The van der Waals surface area contributed by atoms with Crippen LogP contribution in [0.4, 0.5) is 0 Å². The number of unbranched alkanes of at least 4 members (excludes halogenated alkanes) is 4. The number of hydrogen-bond acceptors (Lipinski definition) is 7. The van der Waals surface area contributed by atoms with E-state index in [2.05, 4.69) is 20.5 Å². The molecule has 0 aliphatic carbocycles. The van der Waals surface area contributed by atoms with Gasteiger partial charge in [-0.1, -0.05) is 58.6 Å². The lowest BCUT2D eigenvalue weighted by atomic mass is 9.97. The Labute approximate surface area is 259 Å². The fraction of sp³-hybridized carbons (Fsp3) is 0.621. The fourth-order valence-corrected chi connectivity index (χ4v) is 4.35. The van der Waals surface area contributed by atoms with Crippen molar-refractivity contribution in [3.8, 4) is 5.75 Å². The largest absolute Gasteiger partial charge is 0.524 e. The maximum absolute atomic E-state index is 13.4. The van der Waals surface area contributed by atoms with Gasteiger partial charge in [0.05, 0.1) is 0 Å². The Morgan fingerprint density at radius 3 is 2.02 bits per heavy atom. The molecule has 14 nitrogen and oxygen atoms in total. The summed E-state index contributed by atoms with van der Waals surface area (Å²) in [6.07, 6.45) is 5.82. The number of amides is 4. The number of nitrogens with two attached hydrogens (primary N) is 1. The number of primary amides is 1. The van der Waals surface area contributed by atoms with E-state index >= 15 is 0 Å². The summed E-state index contributed by atoms with van der Waals surface area (Å²) in [5.41, 5.74) is 5.76. The molecule has 0 saturated carbocycles. The van der Waals surface area contributed by atoms with E-state index in [4.69, 9.17) is 25.4 Å². The Morgan fingerprint density at radius 1 is 0.909 bits per heavy atom. The van der Waals surface area contributed by atoms with E-state index in [1.54, 1.807) is 12.1 Å². The Bertz CT molecular complexity index is 1090. The van der Waals surface area contributed by atoms with Crippen LogP contribution in [0.5, 0.6) is 5.75 Å². The van der Waals surface area contributed by atoms with Crippen LogP contribution >= 0.6 is 7.82 Å². The lowest BCUT2D eigenvalue weighted by Crippen LogP contribution is -2.56. The molecule has 0 radical (unpaired) electrons. The summed E-state index contributed by atoms with van der Waals surface area (Å²) in [5, 5.41) is 15.9. The van der Waals surface area contributed by atoms with Crippen LogP contribution in [-0.4, -0.2) is 63.1 Å². The van der Waals surface area contributed by atoms with E-state index < -0.39 is 31.8 Å². The van der Waals surface area contributed by atoms with E-state index in [0.29, 0.717) is 44.2 Å². The molecule has 1 aromatic carbocycles. The molecule has 44 heavy (non-hydrogen) atoms. The van der Waals surface area contributed by atoms with Crippen LogP contribution in [0.15, 0.2) is 24.3 Å². The van der Waals surface area contributed by atoms with E-state index in [1.807, 2.05) is 20.8 Å². The van der Waals surface area contributed by atoms with E-state index in [-0.39, 0.29) is 42.2 Å². The Balaban J connectivity index is 0.00000433. The van der Waals surface area contributed by atoms with Gasteiger partial charge >= 0.3 is 7.82 Å². The van der Waals surface area contributed by atoms with Crippen molar-refractivity contribution in [3.05, 3.63) is 29.8 Å². The van der Waals surface area contributed by atoms with Gasteiger partial charge in [0.1, 0.15) is 17.8 Å². The highest BCUT2D eigenvalue weighted by Crippen LogP contribution is 2.37. The molecular formula is C29H49N4O10P. The number of carbonyl (C=O) groups excluding carboxylic acids is 4. The maximum Gasteiger partial charge on any atom is 0.524 e. The van der Waals surface area contributed by atoms with Crippen LogP contribution in [0.2, 0.25) is 0 Å². The Morgan fingerprint density at radius 2 is 1.50 bits per heavy atom. The molecule has 0 unspecified atom stereocenters. The number of carboxylic acids is 1. The number of hydrogen-bond donors (Lipinski definition) is 7. The molecule has 0 aliphatic rings. The van der Waals surface area contributed by atoms with Crippen LogP contribution in [-0.2, 0) is 35.0 Å². The monoisotopic (exact) mass is 644 g/mol. The molecule has 8 N–H and O–H groups in total. The second kappa shape index (κ2) is 22.1. The molecule has 0 spiro atoms.